The maximum Gasteiger partial charge on any atom is 0.223 e. The fourth-order valence-electron chi connectivity index (χ4n) is 3.47. The predicted molar refractivity (Wildman–Crippen MR) is 106 cm³/mol. The molecule has 4 nitrogen and oxygen atoms in total. The van der Waals surface area contributed by atoms with Gasteiger partial charge in [-0.25, -0.2) is 0 Å². The molecule has 2 rings (SSSR count). The van der Waals surface area contributed by atoms with Gasteiger partial charge in [0.05, 0.1) is 0 Å². The number of hydrogen-bond donors (Lipinski definition) is 1. The molecule has 1 N–H and O–H groups in total. The zero-order valence-corrected chi connectivity index (χ0v) is 16.4. The molecule has 0 aromatic heterocycles. The average Bonchev–Trinajstić information content (AvgIpc) is 2.69. The maximum atomic E-state index is 12.4. The summed E-state index contributed by atoms with van der Waals surface area (Å²) in [6, 6.07) is 8.54. The number of hydrogen-bond acceptors (Lipinski definition) is 2. The van der Waals surface area contributed by atoms with Gasteiger partial charge in [0.1, 0.15) is 0 Å². The molecular formula is C22H34N2O2. The first-order valence-corrected chi connectivity index (χ1v) is 10.3. The van der Waals surface area contributed by atoms with Crippen molar-refractivity contribution in [2.24, 2.45) is 5.92 Å². The molecule has 1 aromatic rings. The van der Waals surface area contributed by atoms with Crippen LogP contribution < -0.4 is 5.32 Å². The largest absolute Gasteiger partial charge is 0.356 e. The summed E-state index contributed by atoms with van der Waals surface area (Å²) >= 11 is 0. The third-order valence-electron chi connectivity index (χ3n) is 5.36. The minimum atomic E-state index is 0.0715. The van der Waals surface area contributed by atoms with Gasteiger partial charge in [-0.2, -0.15) is 0 Å². The highest BCUT2D eigenvalue weighted by Gasteiger charge is 2.26. The molecule has 4 heteroatoms. The molecule has 1 aromatic carbocycles. The van der Waals surface area contributed by atoms with E-state index in [1.54, 1.807) is 0 Å². The highest BCUT2D eigenvalue weighted by atomic mass is 16.2. The molecule has 1 heterocycles. The van der Waals surface area contributed by atoms with Gasteiger partial charge in [0, 0.05) is 32.0 Å². The summed E-state index contributed by atoms with van der Waals surface area (Å²) in [5.74, 6) is 0.456. The highest BCUT2D eigenvalue weighted by molar-refractivity contribution is 5.80. The molecule has 0 bridgehead atoms. The van der Waals surface area contributed by atoms with E-state index in [2.05, 4.69) is 43.4 Å². The molecule has 2 amide bonds. The monoisotopic (exact) mass is 358 g/mol. The molecule has 0 aliphatic carbocycles. The Morgan fingerprint density at radius 3 is 2.31 bits per heavy atom. The van der Waals surface area contributed by atoms with E-state index in [1.807, 2.05) is 4.90 Å². The third kappa shape index (κ3) is 6.47. The number of nitrogens with zero attached hydrogens (tertiary/aromatic N) is 1. The van der Waals surface area contributed by atoms with Gasteiger partial charge in [0.25, 0.3) is 0 Å². The van der Waals surface area contributed by atoms with Crippen LogP contribution in [0.25, 0.3) is 0 Å². The van der Waals surface area contributed by atoms with Gasteiger partial charge < -0.3 is 10.2 Å². The van der Waals surface area contributed by atoms with Crippen LogP contribution in [0.3, 0.4) is 0 Å². The number of benzene rings is 1. The Kier molecular flexibility index (Phi) is 8.66. The lowest BCUT2D eigenvalue weighted by atomic mass is 9.95. The van der Waals surface area contributed by atoms with E-state index in [1.165, 1.54) is 17.5 Å². The summed E-state index contributed by atoms with van der Waals surface area (Å²) in [5, 5.41) is 3.04. The second-order valence-corrected chi connectivity index (χ2v) is 7.32. The van der Waals surface area contributed by atoms with Crippen molar-refractivity contribution >= 4 is 11.8 Å². The molecule has 0 saturated carbocycles. The zero-order chi connectivity index (χ0) is 18.8. The van der Waals surface area contributed by atoms with Gasteiger partial charge >= 0.3 is 0 Å². The molecule has 1 fully saturated rings. The summed E-state index contributed by atoms with van der Waals surface area (Å²) in [7, 11) is 0. The first kappa shape index (κ1) is 20.5. The molecule has 1 aliphatic rings. The van der Waals surface area contributed by atoms with Crippen LogP contribution in [0.2, 0.25) is 0 Å². The second-order valence-electron chi connectivity index (χ2n) is 7.32. The van der Waals surface area contributed by atoms with Crippen LogP contribution in [0.15, 0.2) is 24.3 Å². The first-order valence-electron chi connectivity index (χ1n) is 10.3. The van der Waals surface area contributed by atoms with Crippen molar-refractivity contribution in [2.45, 2.75) is 65.2 Å². The minimum absolute atomic E-state index is 0.0715. The van der Waals surface area contributed by atoms with E-state index < -0.39 is 0 Å². The molecule has 1 saturated heterocycles. The van der Waals surface area contributed by atoms with Crippen molar-refractivity contribution in [1.29, 1.82) is 0 Å². The number of piperidine rings is 1. The summed E-state index contributed by atoms with van der Waals surface area (Å²) in [5.41, 5.74) is 2.55. The fraction of sp³-hybridized carbons (Fsp3) is 0.636. The van der Waals surface area contributed by atoms with Gasteiger partial charge in [-0.15, -0.1) is 0 Å². The third-order valence-corrected chi connectivity index (χ3v) is 5.36. The Hall–Kier alpha value is -1.84. The average molecular weight is 359 g/mol. The molecule has 144 valence electrons. The van der Waals surface area contributed by atoms with E-state index in [9.17, 15) is 9.59 Å². The number of carbonyl (C=O) groups is 2. The van der Waals surface area contributed by atoms with Crippen molar-refractivity contribution in [1.82, 2.24) is 10.2 Å². The predicted octanol–water partition coefficient (Wildman–Crippen LogP) is 3.73. The molecule has 0 unspecified atom stereocenters. The van der Waals surface area contributed by atoms with Crippen molar-refractivity contribution in [3.63, 3.8) is 0 Å². The Bertz CT molecular complexity index is 560. The van der Waals surface area contributed by atoms with Crippen LogP contribution in [-0.2, 0) is 22.4 Å². The van der Waals surface area contributed by atoms with E-state index >= 15 is 0 Å². The number of carbonyl (C=O) groups excluding carboxylic acids is 2. The minimum Gasteiger partial charge on any atom is -0.356 e. The van der Waals surface area contributed by atoms with Crippen LogP contribution in [0.4, 0.5) is 0 Å². The number of aryl methyl sites for hydroxylation is 2. The van der Waals surface area contributed by atoms with E-state index in [-0.39, 0.29) is 17.7 Å². The van der Waals surface area contributed by atoms with Crippen LogP contribution in [0.1, 0.15) is 63.5 Å². The Morgan fingerprint density at radius 2 is 1.69 bits per heavy atom. The van der Waals surface area contributed by atoms with Crippen molar-refractivity contribution < 1.29 is 9.59 Å². The second kappa shape index (κ2) is 11.0. The SMILES string of the molecule is CCCCCNC(=O)C1CCN(C(=O)CCc2ccc(CC)cc2)CC1. The molecule has 0 atom stereocenters. The molecule has 26 heavy (non-hydrogen) atoms. The maximum absolute atomic E-state index is 12.4. The fourth-order valence-corrected chi connectivity index (χ4v) is 3.47. The molecule has 0 spiro atoms. The lowest BCUT2D eigenvalue weighted by molar-refractivity contribution is -0.135. The molecule has 0 radical (unpaired) electrons. The Labute approximate surface area is 158 Å². The van der Waals surface area contributed by atoms with Crippen molar-refractivity contribution in [3.05, 3.63) is 35.4 Å². The van der Waals surface area contributed by atoms with Crippen LogP contribution >= 0.6 is 0 Å². The summed E-state index contributed by atoms with van der Waals surface area (Å²) < 4.78 is 0. The number of nitrogens with one attached hydrogen (secondary N) is 1. The van der Waals surface area contributed by atoms with Crippen LogP contribution in [0.5, 0.6) is 0 Å². The van der Waals surface area contributed by atoms with Gasteiger partial charge in [-0.3, -0.25) is 9.59 Å². The molecule has 1 aliphatic heterocycles. The van der Waals surface area contributed by atoms with Crippen LogP contribution in [-0.4, -0.2) is 36.3 Å². The highest BCUT2D eigenvalue weighted by Crippen LogP contribution is 2.19. The van der Waals surface area contributed by atoms with E-state index in [0.717, 1.165) is 45.1 Å². The van der Waals surface area contributed by atoms with E-state index in [0.29, 0.717) is 19.5 Å². The van der Waals surface area contributed by atoms with E-state index in [4.69, 9.17) is 0 Å². The zero-order valence-electron chi connectivity index (χ0n) is 16.4. The summed E-state index contributed by atoms with van der Waals surface area (Å²) in [6.07, 6.45) is 7.35. The lowest BCUT2D eigenvalue weighted by Crippen LogP contribution is -2.43. The van der Waals surface area contributed by atoms with Crippen molar-refractivity contribution in [2.75, 3.05) is 19.6 Å². The first-order chi connectivity index (χ1) is 12.6. The van der Waals surface area contributed by atoms with Gasteiger partial charge in [0.2, 0.25) is 11.8 Å². The summed E-state index contributed by atoms with van der Waals surface area (Å²) in [6.45, 7) is 6.51. The summed E-state index contributed by atoms with van der Waals surface area (Å²) in [4.78, 5) is 26.6. The van der Waals surface area contributed by atoms with Crippen LogP contribution in [0, 0.1) is 5.92 Å². The number of unbranched alkanes of at least 4 members (excludes halogenated alkanes) is 2. The number of likely N-dealkylation sites (tertiary alicyclic amines) is 1. The quantitative estimate of drug-likeness (QED) is 0.684. The normalized spacial score (nSPS) is 15.1. The van der Waals surface area contributed by atoms with Crippen molar-refractivity contribution in [3.8, 4) is 0 Å². The standard InChI is InChI=1S/C22H34N2O2/c1-3-5-6-15-23-22(26)20-13-16-24(17-14-20)21(25)12-11-19-9-7-18(4-2)8-10-19/h7-10,20H,3-6,11-17H2,1-2H3,(H,23,26). The van der Waals surface area contributed by atoms with Gasteiger partial charge in [-0.05, 0) is 43.2 Å². The van der Waals surface area contributed by atoms with Gasteiger partial charge in [-0.1, -0.05) is 51.0 Å². The van der Waals surface area contributed by atoms with Gasteiger partial charge in [0.15, 0.2) is 0 Å². The molecular weight excluding hydrogens is 324 g/mol. The number of amides is 2. The smallest absolute Gasteiger partial charge is 0.223 e. The lowest BCUT2D eigenvalue weighted by Gasteiger charge is -2.31. The Balaban J connectivity index is 1.67. The Morgan fingerprint density at radius 1 is 1.04 bits per heavy atom. The topological polar surface area (TPSA) is 49.4 Å². The number of rotatable bonds is 9.